The van der Waals surface area contributed by atoms with E-state index in [4.69, 9.17) is 4.74 Å². The van der Waals surface area contributed by atoms with Crippen LogP contribution in [0.4, 0.5) is 4.39 Å². The molecule has 5 nitrogen and oxygen atoms in total. The molecule has 0 aliphatic rings. The lowest BCUT2D eigenvalue weighted by molar-refractivity contribution is -0.120. The maximum Gasteiger partial charge on any atom is 0.243 e. The van der Waals surface area contributed by atoms with Crippen LogP contribution in [-0.2, 0) is 22.6 Å². The molecular formula is C21H23FN2O3. The zero-order valence-electron chi connectivity index (χ0n) is 15.0. The van der Waals surface area contributed by atoms with E-state index in [1.807, 2.05) is 24.3 Å². The number of rotatable bonds is 10. The highest BCUT2D eigenvalue weighted by molar-refractivity contribution is 5.86. The Morgan fingerprint density at radius 2 is 1.85 bits per heavy atom. The van der Waals surface area contributed by atoms with Gasteiger partial charge in [-0.3, -0.25) is 9.59 Å². The normalized spacial score (nSPS) is 10.1. The Labute approximate surface area is 158 Å². The molecule has 2 aromatic carbocycles. The van der Waals surface area contributed by atoms with Crippen LogP contribution >= 0.6 is 0 Å². The Bertz CT molecular complexity index is 793. The van der Waals surface area contributed by atoms with Gasteiger partial charge in [0.05, 0.1) is 13.0 Å². The van der Waals surface area contributed by atoms with Gasteiger partial charge in [0.25, 0.3) is 0 Å². The third-order valence-corrected chi connectivity index (χ3v) is 3.82. The third kappa shape index (κ3) is 7.32. The van der Waals surface area contributed by atoms with Crippen LogP contribution in [0.1, 0.15) is 17.5 Å². The van der Waals surface area contributed by atoms with Gasteiger partial charge in [-0.05, 0) is 35.8 Å². The second kappa shape index (κ2) is 10.8. The van der Waals surface area contributed by atoms with Crippen LogP contribution in [0, 0.1) is 5.82 Å². The van der Waals surface area contributed by atoms with E-state index >= 15 is 0 Å². The minimum atomic E-state index is -0.344. The average Bonchev–Trinajstić information content (AvgIpc) is 2.67. The van der Waals surface area contributed by atoms with Gasteiger partial charge >= 0.3 is 0 Å². The van der Waals surface area contributed by atoms with E-state index in [-0.39, 0.29) is 24.1 Å². The average molecular weight is 370 g/mol. The van der Waals surface area contributed by atoms with Crippen molar-refractivity contribution in [2.45, 2.75) is 19.4 Å². The first kappa shape index (κ1) is 20.2. The van der Waals surface area contributed by atoms with Crippen molar-refractivity contribution in [1.29, 1.82) is 0 Å². The van der Waals surface area contributed by atoms with E-state index < -0.39 is 0 Å². The molecule has 0 unspecified atom stereocenters. The predicted molar refractivity (Wildman–Crippen MR) is 102 cm³/mol. The van der Waals surface area contributed by atoms with Gasteiger partial charge in [0.1, 0.15) is 11.6 Å². The number of carbonyl (C=O) groups excluding carboxylic acids is 2. The van der Waals surface area contributed by atoms with Crippen molar-refractivity contribution in [3.63, 3.8) is 0 Å². The fraction of sp³-hybridized carbons (Fsp3) is 0.238. The number of hydrogen-bond acceptors (Lipinski definition) is 3. The van der Waals surface area contributed by atoms with Crippen molar-refractivity contribution in [2.24, 2.45) is 0 Å². The molecule has 0 atom stereocenters. The second-order valence-corrected chi connectivity index (χ2v) is 5.88. The SMILES string of the molecule is C=CC(=O)NCc1ccccc1CC(=O)NCCCOc1cccc(F)c1. The Morgan fingerprint density at radius 3 is 2.59 bits per heavy atom. The van der Waals surface area contributed by atoms with Gasteiger partial charge in [0, 0.05) is 19.2 Å². The maximum absolute atomic E-state index is 13.0. The standard InChI is InChI=1S/C21H23FN2O3/c1-2-20(25)24-15-17-8-4-3-7-16(17)13-21(26)23-11-6-12-27-19-10-5-9-18(22)14-19/h2-5,7-10,14H,1,6,11-13,15H2,(H,23,26)(H,24,25). The lowest BCUT2D eigenvalue weighted by atomic mass is 10.0. The first-order chi connectivity index (χ1) is 13.1. The van der Waals surface area contributed by atoms with Crippen LogP contribution in [0.3, 0.4) is 0 Å². The first-order valence-electron chi connectivity index (χ1n) is 8.70. The molecule has 0 heterocycles. The minimum Gasteiger partial charge on any atom is -0.493 e. The van der Waals surface area contributed by atoms with Crippen LogP contribution in [-0.4, -0.2) is 25.0 Å². The molecule has 2 N–H and O–H groups in total. The lowest BCUT2D eigenvalue weighted by Crippen LogP contribution is -2.28. The summed E-state index contributed by atoms with van der Waals surface area (Å²) >= 11 is 0. The van der Waals surface area contributed by atoms with E-state index in [1.54, 1.807) is 12.1 Å². The number of carbonyl (C=O) groups is 2. The zero-order valence-corrected chi connectivity index (χ0v) is 15.0. The number of nitrogens with one attached hydrogen (secondary N) is 2. The largest absolute Gasteiger partial charge is 0.493 e. The summed E-state index contributed by atoms with van der Waals surface area (Å²) in [7, 11) is 0. The second-order valence-electron chi connectivity index (χ2n) is 5.88. The number of amides is 2. The summed E-state index contributed by atoms with van der Waals surface area (Å²) < 4.78 is 18.5. The Kier molecular flexibility index (Phi) is 8.03. The maximum atomic E-state index is 13.0. The molecule has 0 aliphatic carbocycles. The van der Waals surface area contributed by atoms with Gasteiger partial charge in [-0.1, -0.05) is 36.9 Å². The topological polar surface area (TPSA) is 67.4 Å². The summed E-state index contributed by atoms with van der Waals surface area (Å²) in [5.74, 6) is -0.239. The molecule has 2 aromatic rings. The molecule has 6 heteroatoms. The summed E-state index contributed by atoms with van der Waals surface area (Å²) in [4.78, 5) is 23.4. The van der Waals surface area contributed by atoms with Gasteiger partial charge < -0.3 is 15.4 Å². The van der Waals surface area contributed by atoms with Gasteiger partial charge in [-0.2, -0.15) is 0 Å². The van der Waals surface area contributed by atoms with E-state index in [0.29, 0.717) is 31.9 Å². The summed E-state index contributed by atoms with van der Waals surface area (Å²) in [6.45, 7) is 4.60. The van der Waals surface area contributed by atoms with Crippen LogP contribution in [0.5, 0.6) is 5.75 Å². The highest BCUT2D eigenvalue weighted by Gasteiger charge is 2.08. The molecule has 0 spiro atoms. The van der Waals surface area contributed by atoms with Crippen LogP contribution in [0.15, 0.2) is 61.2 Å². The highest BCUT2D eigenvalue weighted by Crippen LogP contribution is 2.12. The number of benzene rings is 2. The highest BCUT2D eigenvalue weighted by atomic mass is 19.1. The summed E-state index contributed by atoms with van der Waals surface area (Å²) in [5.41, 5.74) is 1.74. The molecule has 0 saturated carbocycles. The van der Waals surface area contributed by atoms with Crippen molar-refractivity contribution in [2.75, 3.05) is 13.2 Å². The fourth-order valence-electron chi connectivity index (χ4n) is 2.44. The summed E-state index contributed by atoms with van der Waals surface area (Å²) in [6.07, 6.45) is 2.05. The van der Waals surface area contributed by atoms with Crippen molar-refractivity contribution in [1.82, 2.24) is 10.6 Å². The monoisotopic (exact) mass is 370 g/mol. The van der Waals surface area contributed by atoms with E-state index in [2.05, 4.69) is 17.2 Å². The third-order valence-electron chi connectivity index (χ3n) is 3.82. The van der Waals surface area contributed by atoms with Crippen molar-refractivity contribution in [3.8, 4) is 5.75 Å². The Balaban J connectivity index is 1.72. The molecule has 0 saturated heterocycles. The lowest BCUT2D eigenvalue weighted by Gasteiger charge is -2.11. The number of ether oxygens (including phenoxy) is 1. The van der Waals surface area contributed by atoms with E-state index in [1.165, 1.54) is 18.2 Å². The first-order valence-corrected chi connectivity index (χ1v) is 8.70. The van der Waals surface area contributed by atoms with Crippen LogP contribution in [0.2, 0.25) is 0 Å². The predicted octanol–water partition coefficient (Wildman–Crippen LogP) is 2.76. The Hall–Kier alpha value is -3.15. The van der Waals surface area contributed by atoms with Gasteiger partial charge in [-0.15, -0.1) is 0 Å². The van der Waals surface area contributed by atoms with Crippen molar-refractivity contribution in [3.05, 3.63) is 78.1 Å². The minimum absolute atomic E-state index is 0.108. The molecule has 0 fully saturated rings. The van der Waals surface area contributed by atoms with Gasteiger partial charge in [0.15, 0.2) is 0 Å². The quantitative estimate of drug-likeness (QED) is 0.499. The molecular weight excluding hydrogens is 347 g/mol. The molecule has 2 rings (SSSR count). The molecule has 27 heavy (non-hydrogen) atoms. The summed E-state index contributed by atoms with van der Waals surface area (Å²) in [6, 6.07) is 13.4. The van der Waals surface area contributed by atoms with Gasteiger partial charge in [-0.25, -0.2) is 4.39 Å². The van der Waals surface area contributed by atoms with Crippen LogP contribution < -0.4 is 15.4 Å². The molecule has 0 aliphatic heterocycles. The number of halogens is 1. The van der Waals surface area contributed by atoms with Crippen LogP contribution in [0.25, 0.3) is 0 Å². The Morgan fingerprint density at radius 1 is 1.07 bits per heavy atom. The van der Waals surface area contributed by atoms with E-state index in [9.17, 15) is 14.0 Å². The molecule has 0 bridgehead atoms. The number of hydrogen-bond donors (Lipinski definition) is 2. The zero-order chi connectivity index (χ0) is 19.5. The molecule has 0 aromatic heterocycles. The fourth-order valence-corrected chi connectivity index (χ4v) is 2.44. The van der Waals surface area contributed by atoms with Crippen molar-refractivity contribution >= 4 is 11.8 Å². The molecule has 142 valence electrons. The molecule has 0 radical (unpaired) electrons. The van der Waals surface area contributed by atoms with E-state index in [0.717, 1.165) is 11.1 Å². The van der Waals surface area contributed by atoms with Gasteiger partial charge in [0.2, 0.25) is 11.8 Å². The van der Waals surface area contributed by atoms with Crippen molar-refractivity contribution < 1.29 is 18.7 Å². The smallest absolute Gasteiger partial charge is 0.243 e. The summed E-state index contributed by atoms with van der Waals surface area (Å²) in [5, 5.41) is 5.55. The molecule has 2 amide bonds.